The number of carbonyl (C=O) groups excluding carboxylic acids is 1. The van der Waals surface area contributed by atoms with Crippen LogP contribution in [0.25, 0.3) is 0 Å². The molecule has 5 nitrogen and oxygen atoms in total. The topological polar surface area (TPSA) is 68.3 Å². The second-order valence-electron chi connectivity index (χ2n) is 9.87. The summed E-state index contributed by atoms with van der Waals surface area (Å²) in [5, 5.41) is 10.7. The fourth-order valence-corrected chi connectivity index (χ4v) is 3.82. The van der Waals surface area contributed by atoms with Gasteiger partial charge >= 0.3 is 5.97 Å². The maximum absolute atomic E-state index is 12.9. The summed E-state index contributed by atoms with van der Waals surface area (Å²) in [6, 6.07) is 0. The van der Waals surface area contributed by atoms with Crippen molar-refractivity contribution in [1.82, 2.24) is 0 Å². The van der Waals surface area contributed by atoms with E-state index < -0.39 is 17.1 Å². The molecule has 4 atom stereocenters. The molecule has 1 N–H and O–H groups in total. The average Bonchev–Trinajstić information content (AvgIpc) is 3.36. The number of aliphatic hydroxyl groups excluding tert-OH is 1. The Morgan fingerprint density at radius 1 is 1.18 bits per heavy atom. The van der Waals surface area contributed by atoms with Crippen LogP contribution < -0.4 is 0 Å². The van der Waals surface area contributed by atoms with Gasteiger partial charge in [-0.1, -0.05) is 13.8 Å². The maximum atomic E-state index is 12.9. The predicted molar refractivity (Wildman–Crippen MR) is 112 cm³/mol. The first-order valence-corrected chi connectivity index (χ1v) is 11.0. The summed E-state index contributed by atoms with van der Waals surface area (Å²) in [7, 11) is 0. The Kier molecular flexibility index (Phi) is 8.56. The van der Waals surface area contributed by atoms with E-state index in [0.29, 0.717) is 31.8 Å². The molecular weight excluding hydrogens is 356 g/mol. The number of carbonyl (C=O) groups is 1. The zero-order chi connectivity index (χ0) is 21.8. The standard InChI is InChI=1S/C21H38O5.C2H6/c1-8-24-19(4,5)12-11-18(2,3)17(23)26-20(6)10-9-15(13-16(20)22)21(7)14-25-21;1-2/h15-16,22H,8-14H2,1-7H3;1-2H3. The number of hydrogen-bond acceptors (Lipinski definition) is 5. The first-order valence-electron chi connectivity index (χ1n) is 11.0. The Balaban J connectivity index is 0.00000190. The Morgan fingerprint density at radius 2 is 1.75 bits per heavy atom. The highest BCUT2D eigenvalue weighted by molar-refractivity contribution is 5.76. The van der Waals surface area contributed by atoms with Crippen LogP contribution in [-0.4, -0.2) is 47.2 Å². The van der Waals surface area contributed by atoms with Gasteiger partial charge in [0, 0.05) is 6.61 Å². The molecule has 4 unspecified atom stereocenters. The van der Waals surface area contributed by atoms with Gasteiger partial charge in [0.2, 0.25) is 0 Å². The molecule has 1 aliphatic carbocycles. The highest BCUT2D eigenvalue weighted by Gasteiger charge is 2.53. The van der Waals surface area contributed by atoms with Crippen molar-refractivity contribution in [3.63, 3.8) is 0 Å². The summed E-state index contributed by atoms with van der Waals surface area (Å²) in [6.07, 6.45) is 3.01. The highest BCUT2D eigenvalue weighted by Crippen LogP contribution is 2.46. The van der Waals surface area contributed by atoms with Gasteiger partial charge in [-0.15, -0.1) is 0 Å². The van der Waals surface area contributed by atoms with Gasteiger partial charge in [-0.2, -0.15) is 0 Å². The van der Waals surface area contributed by atoms with Crippen molar-refractivity contribution in [3.05, 3.63) is 0 Å². The van der Waals surface area contributed by atoms with E-state index in [2.05, 4.69) is 6.92 Å². The van der Waals surface area contributed by atoms with Gasteiger partial charge in [0.15, 0.2) is 0 Å². The third-order valence-electron chi connectivity index (χ3n) is 6.43. The van der Waals surface area contributed by atoms with Crippen LogP contribution in [0.2, 0.25) is 0 Å². The van der Waals surface area contributed by atoms with E-state index in [0.717, 1.165) is 19.4 Å². The fraction of sp³-hybridized carbons (Fsp3) is 0.957. The van der Waals surface area contributed by atoms with E-state index >= 15 is 0 Å². The van der Waals surface area contributed by atoms with Crippen LogP contribution in [0.15, 0.2) is 0 Å². The molecule has 0 aromatic rings. The van der Waals surface area contributed by atoms with Crippen molar-refractivity contribution in [1.29, 1.82) is 0 Å². The van der Waals surface area contributed by atoms with E-state index in [-0.39, 0.29) is 17.2 Å². The lowest BCUT2D eigenvalue weighted by atomic mass is 9.72. The summed E-state index contributed by atoms with van der Waals surface area (Å²) in [6.45, 7) is 19.3. The third kappa shape index (κ3) is 6.43. The van der Waals surface area contributed by atoms with Crippen molar-refractivity contribution in [2.75, 3.05) is 13.2 Å². The Morgan fingerprint density at radius 3 is 2.21 bits per heavy atom. The number of aliphatic hydroxyl groups is 1. The van der Waals surface area contributed by atoms with Crippen LogP contribution in [0.4, 0.5) is 0 Å². The zero-order valence-corrected chi connectivity index (χ0v) is 19.7. The molecule has 28 heavy (non-hydrogen) atoms. The molecular formula is C23H44O5. The van der Waals surface area contributed by atoms with Gasteiger partial charge in [-0.05, 0) is 86.5 Å². The normalized spacial score (nSPS) is 32.9. The molecule has 2 rings (SSSR count). The molecule has 0 aromatic carbocycles. The lowest BCUT2D eigenvalue weighted by Crippen LogP contribution is -2.51. The maximum Gasteiger partial charge on any atom is 0.312 e. The molecule has 0 bridgehead atoms. The van der Waals surface area contributed by atoms with E-state index in [1.54, 1.807) is 0 Å². The molecule has 0 amide bonds. The molecule has 0 radical (unpaired) electrons. The summed E-state index contributed by atoms with van der Waals surface area (Å²) in [4.78, 5) is 12.9. The quantitative estimate of drug-likeness (QED) is 0.464. The number of rotatable bonds is 8. The molecule has 0 aromatic heterocycles. The molecule has 0 spiro atoms. The van der Waals surface area contributed by atoms with Crippen LogP contribution in [0.5, 0.6) is 0 Å². The molecule has 166 valence electrons. The van der Waals surface area contributed by atoms with E-state index in [1.165, 1.54) is 0 Å². The molecule has 1 aliphatic heterocycles. The Bertz CT molecular complexity index is 509. The van der Waals surface area contributed by atoms with Crippen molar-refractivity contribution in [2.45, 2.75) is 117 Å². The summed E-state index contributed by atoms with van der Waals surface area (Å²) in [5.74, 6) is 0.1000. The fourth-order valence-electron chi connectivity index (χ4n) is 3.82. The second kappa shape index (κ2) is 9.44. The van der Waals surface area contributed by atoms with Crippen LogP contribution >= 0.6 is 0 Å². The van der Waals surface area contributed by atoms with Crippen molar-refractivity contribution in [3.8, 4) is 0 Å². The largest absolute Gasteiger partial charge is 0.456 e. The van der Waals surface area contributed by atoms with Crippen molar-refractivity contribution in [2.24, 2.45) is 11.3 Å². The monoisotopic (exact) mass is 400 g/mol. The molecule has 1 heterocycles. The Hall–Kier alpha value is -0.650. The summed E-state index contributed by atoms with van der Waals surface area (Å²) < 4.78 is 17.2. The van der Waals surface area contributed by atoms with Crippen LogP contribution in [0.1, 0.15) is 94.4 Å². The first kappa shape index (κ1) is 25.4. The SMILES string of the molecule is CC.CCOC(C)(C)CCC(C)(C)C(=O)OC1(C)CCC(C2(C)CO2)CC1O. The van der Waals surface area contributed by atoms with Gasteiger partial charge in [0.05, 0.1) is 29.3 Å². The number of epoxide rings is 1. The van der Waals surface area contributed by atoms with Gasteiger partial charge < -0.3 is 19.3 Å². The van der Waals surface area contributed by atoms with Crippen molar-refractivity contribution >= 4 is 5.97 Å². The van der Waals surface area contributed by atoms with Crippen LogP contribution in [-0.2, 0) is 19.0 Å². The van der Waals surface area contributed by atoms with E-state index in [4.69, 9.17) is 14.2 Å². The minimum absolute atomic E-state index is 0.0869. The third-order valence-corrected chi connectivity index (χ3v) is 6.43. The molecule has 1 saturated carbocycles. The first-order chi connectivity index (χ1) is 12.8. The van der Waals surface area contributed by atoms with Gasteiger partial charge in [0.25, 0.3) is 0 Å². The summed E-state index contributed by atoms with van der Waals surface area (Å²) >= 11 is 0. The number of ether oxygens (including phenoxy) is 3. The lowest BCUT2D eigenvalue weighted by molar-refractivity contribution is -0.190. The second-order valence-corrected chi connectivity index (χ2v) is 9.87. The lowest BCUT2D eigenvalue weighted by Gasteiger charge is -2.43. The van der Waals surface area contributed by atoms with Crippen LogP contribution in [0, 0.1) is 11.3 Å². The number of esters is 1. The average molecular weight is 401 g/mol. The molecule has 2 fully saturated rings. The highest BCUT2D eigenvalue weighted by atomic mass is 16.6. The van der Waals surface area contributed by atoms with Gasteiger partial charge in [-0.3, -0.25) is 4.79 Å². The van der Waals surface area contributed by atoms with Gasteiger partial charge in [-0.25, -0.2) is 0 Å². The number of hydrogen-bond donors (Lipinski definition) is 1. The van der Waals surface area contributed by atoms with Crippen molar-refractivity contribution < 1.29 is 24.1 Å². The smallest absolute Gasteiger partial charge is 0.312 e. The van der Waals surface area contributed by atoms with E-state index in [1.807, 2.05) is 55.4 Å². The van der Waals surface area contributed by atoms with Gasteiger partial charge in [0.1, 0.15) is 5.60 Å². The molecule has 1 saturated heterocycles. The van der Waals surface area contributed by atoms with Crippen LogP contribution in [0.3, 0.4) is 0 Å². The molecule has 5 heteroatoms. The minimum atomic E-state index is -0.814. The van der Waals surface area contributed by atoms with E-state index in [9.17, 15) is 9.90 Å². The molecule has 2 aliphatic rings. The summed E-state index contributed by atoms with van der Waals surface area (Å²) in [5.41, 5.74) is -1.77. The predicted octanol–water partition coefficient (Wildman–Crippen LogP) is 4.89. The zero-order valence-electron chi connectivity index (χ0n) is 19.7. The minimum Gasteiger partial charge on any atom is -0.456 e. The Labute approximate surface area is 172 Å².